The normalized spacial score (nSPS) is 23.1. The fraction of sp³-hybridized carbons (Fsp3) is 0.588. The van der Waals surface area contributed by atoms with E-state index in [1.165, 1.54) is 6.07 Å². The summed E-state index contributed by atoms with van der Waals surface area (Å²) in [6.45, 7) is 12.7. The lowest BCUT2D eigenvalue weighted by Crippen LogP contribution is -2.58. The third-order valence-electron chi connectivity index (χ3n) is 5.13. The first-order valence-electron chi connectivity index (χ1n) is 7.95. The van der Waals surface area contributed by atoms with Gasteiger partial charge in [-0.15, -0.1) is 0 Å². The topological polar surface area (TPSA) is 78.8 Å². The zero-order valence-corrected chi connectivity index (χ0v) is 15.7. The molecule has 0 radical (unpaired) electrons. The monoisotopic (exact) mass is 337 g/mol. The van der Waals surface area contributed by atoms with Crippen molar-refractivity contribution >= 4 is 14.2 Å². The fourth-order valence-corrected chi connectivity index (χ4v) is 4.09. The van der Waals surface area contributed by atoms with Crippen LogP contribution in [0.25, 0.3) is 0 Å². The van der Waals surface area contributed by atoms with Crippen LogP contribution in [0, 0.1) is 5.92 Å². The van der Waals surface area contributed by atoms with Gasteiger partial charge >= 0.3 is 0 Å². The van der Waals surface area contributed by atoms with Crippen LogP contribution in [0.3, 0.4) is 0 Å². The Morgan fingerprint density at radius 2 is 1.87 bits per heavy atom. The number of rotatable bonds is 4. The largest absolute Gasteiger partial charge is 0.504 e. The summed E-state index contributed by atoms with van der Waals surface area (Å²) in [7, 11) is -1.99. The van der Waals surface area contributed by atoms with Crippen molar-refractivity contribution in [3.63, 3.8) is 0 Å². The Kier molecular flexibility index (Phi) is 4.52. The fourth-order valence-electron chi connectivity index (χ4n) is 2.66. The number of benzene rings is 1. The summed E-state index contributed by atoms with van der Waals surface area (Å²) in [6.07, 6.45) is -0.253. The van der Waals surface area contributed by atoms with Crippen LogP contribution >= 0.6 is 0 Å². The highest BCUT2D eigenvalue weighted by molar-refractivity contribution is 6.74. The van der Waals surface area contributed by atoms with Gasteiger partial charge < -0.3 is 20.0 Å². The molecule has 1 aliphatic heterocycles. The maximum atomic E-state index is 12.1. The second kappa shape index (κ2) is 5.83. The highest BCUT2D eigenvalue weighted by Gasteiger charge is 2.48. The molecule has 1 aromatic carbocycles. The van der Waals surface area contributed by atoms with Gasteiger partial charge in [0.2, 0.25) is 5.91 Å². The summed E-state index contributed by atoms with van der Waals surface area (Å²) in [5.74, 6) is -0.803. The molecule has 0 aliphatic carbocycles. The molecule has 2 rings (SSSR count). The van der Waals surface area contributed by atoms with Crippen molar-refractivity contribution in [1.29, 1.82) is 0 Å². The van der Waals surface area contributed by atoms with Crippen LogP contribution in [0.1, 0.15) is 39.3 Å². The Balaban J connectivity index is 2.21. The summed E-state index contributed by atoms with van der Waals surface area (Å²) in [4.78, 5) is 12.1. The van der Waals surface area contributed by atoms with E-state index < -0.39 is 8.32 Å². The predicted octanol–water partition coefficient (Wildman–Crippen LogP) is 3.30. The lowest BCUT2D eigenvalue weighted by molar-refractivity contribution is -0.140. The second-order valence-electron chi connectivity index (χ2n) is 7.81. The molecule has 0 aromatic heterocycles. The number of aromatic hydroxyl groups is 2. The molecule has 0 spiro atoms. The first-order valence-corrected chi connectivity index (χ1v) is 10.9. The van der Waals surface area contributed by atoms with Crippen molar-refractivity contribution in [3.8, 4) is 11.5 Å². The molecule has 0 unspecified atom stereocenters. The molecule has 0 saturated carbocycles. The van der Waals surface area contributed by atoms with Crippen molar-refractivity contribution in [1.82, 2.24) is 5.32 Å². The van der Waals surface area contributed by atoms with E-state index in [0.29, 0.717) is 5.56 Å². The number of carbonyl (C=O) groups is 1. The van der Waals surface area contributed by atoms with E-state index in [1.54, 1.807) is 12.1 Å². The minimum atomic E-state index is -1.99. The lowest BCUT2D eigenvalue weighted by Gasteiger charge is -2.45. The van der Waals surface area contributed by atoms with Gasteiger partial charge in [0.25, 0.3) is 0 Å². The molecule has 0 bridgehead atoms. The molecule has 1 saturated heterocycles. The zero-order chi connectivity index (χ0) is 17.6. The van der Waals surface area contributed by atoms with E-state index in [4.69, 9.17) is 4.43 Å². The van der Waals surface area contributed by atoms with Crippen LogP contribution in [-0.2, 0) is 9.22 Å². The minimum Gasteiger partial charge on any atom is -0.504 e. The number of para-hydroxylation sites is 1. The molecule has 1 heterocycles. The number of amides is 1. The molecule has 6 heteroatoms. The van der Waals surface area contributed by atoms with Crippen LogP contribution in [0.4, 0.5) is 0 Å². The molecular weight excluding hydrogens is 310 g/mol. The van der Waals surface area contributed by atoms with Gasteiger partial charge in [-0.3, -0.25) is 4.79 Å². The molecule has 3 atom stereocenters. The molecular formula is C17H27NO4Si. The molecule has 1 amide bonds. The number of carbonyl (C=O) groups excluding carboxylic acids is 1. The molecule has 128 valence electrons. The van der Waals surface area contributed by atoms with E-state index in [1.807, 2.05) is 6.92 Å². The average Bonchev–Trinajstić information content (AvgIpc) is 2.37. The standard InChI is InChI=1S/C17H27NO4Si/c1-10(22-23(5,6)17(2,3)4)13-14(18-16(13)21)11-8-7-9-12(19)15(11)20/h7-10,13-14,19-20H,1-6H3,(H,18,21)/t10-,13-,14-/m1/s1. The number of hydrogen-bond acceptors (Lipinski definition) is 4. The Morgan fingerprint density at radius 1 is 1.26 bits per heavy atom. The van der Waals surface area contributed by atoms with Crippen molar-refractivity contribution in [2.24, 2.45) is 5.92 Å². The lowest BCUT2D eigenvalue weighted by atomic mass is 9.81. The highest BCUT2D eigenvalue weighted by Crippen LogP contribution is 2.44. The second-order valence-corrected chi connectivity index (χ2v) is 12.6. The van der Waals surface area contributed by atoms with Crippen molar-refractivity contribution in [2.75, 3.05) is 0 Å². The van der Waals surface area contributed by atoms with Gasteiger partial charge in [-0.2, -0.15) is 0 Å². The maximum Gasteiger partial charge on any atom is 0.228 e. The SMILES string of the molecule is C[C@@H](O[Si](C)(C)C(C)(C)C)[C@H]1C(=O)N[C@@H]1c1cccc(O)c1O. The van der Waals surface area contributed by atoms with E-state index in [9.17, 15) is 15.0 Å². The smallest absolute Gasteiger partial charge is 0.228 e. The minimum absolute atomic E-state index is 0.0597. The zero-order valence-electron chi connectivity index (χ0n) is 14.7. The van der Waals surface area contributed by atoms with Gasteiger partial charge in [0.1, 0.15) is 0 Å². The summed E-state index contributed by atoms with van der Waals surface area (Å²) >= 11 is 0. The van der Waals surface area contributed by atoms with E-state index in [0.717, 1.165) is 0 Å². The molecule has 3 N–H and O–H groups in total. The molecule has 5 nitrogen and oxygen atoms in total. The Labute approximate surface area is 138 Å². The quantitative estimate of drug-likeness (QED) is 0.447. The summed E-state index contributed by atoms with van der Waals surface area (Å²) in [6, 6.07) is 4.45. The van der Waals surface area contributed by atoms with Crippen LogP contribution in [0.15, 0.2) is 18.2 Å². The third kappa shape index (κ3) is 3.23. The van der Waals surface area contributed by atoms with Crippen molar-refractivity contribution in [2.45, 2.75) is 58.0 Å². The number of phenols is 2. The van der Waals surface area contributed by atoms with Gasteiger partial charge in [-0.1, -0.05) is 32.9 Å². The van der Waals surface area contributed by atoms with E-state index in [2.05, 4.69) is 39.2 Å². The Hall–Kier alpha value is -1.53. The van der Waals surface area contributed by atoms with Crippen LogP contribution < -0.4 is 5.32 Å². The Bertz CT molecular complexity index is 609. The molecule has 23 heavy (non-hydrogen) atoms. The number of phenolic OH excluding ortho intramolecular Hbond substituents is 2. The first kappa shape index (κ1) is 17.8. The van der Waals surface area contributed by atoms with Crippen molar-refractivity contribution < 1.29 is 19.4 Å². The third-order valence-corrected chi connectivity index (χ3v) is 9.71. The average molecular weight is 337 g/mol. The predicted molar refractivity (Wildman–Crippen MR) is 91.9 cm³/mol. The van der Waals surface area contributed by atoms with Gasteiger partial charge in [0, 0.05) is 5.56 Å². The van der Waals surface area contributed by atoms with Crippen LogP contribution in [0.2, 0.25) is 18.1 Å². The van der Waals surface area contributed by atoms with E-state index >= 15 is 0 Å². The first-order chi connectivity index (χ1) is 10.5. The van der Waals surface area contributed by atoms with Gasteiger partial charge in [-0.05, 0) is 31.1 Å². The van der Waals surface area contributed by atoms with Gasteiger partial charge in [0.05, 0.1) is 18.1 Å². The number of nitrogens with one attached hydrogen (secondary N) is 1. The summed E-state index contributed by atoms with van der Waals surface area (Å²) in [5, 5.41) is 22.6. The Morgan fingerprint density at radius 3 is 2.39 bits per heavy atom. The molecule has 1 fully saturated rings. The van der Waals surface area contributed by atoms with Crippen LogP contribution in [-0.4, -0.2) is 30.5 Å². The highest BCUT2D eigenvalue weighted by atomic mass is 28.4. The maximum absolute atomic E-state index is 12.1. The van der Waals surface area contributed by atoms with Gasteiger partial charge in [-0.25, -0.2) is 0 Å². The summed E-state index contributed by atoms with van der Waals surface area (Å²) in [5.41, 5.74) is 0.528. The van der Waals surface area contributed by atoms with Crippen molar-refractivity contribution in [3.05, 3.63) is 23.8 Å². The van der Waals surface area contributed by atoms with E-state index in [-0.39, 0.29) is 40.5 Å². The number of β-lactam (4-membered cyclic amide) rings is 1. The molecule has 1 aliphatic rings. The number of hydrogen-bond donors (Lipinski definition) is 3. The summed E-state index contributed by atoms with van der Waals surface area (Å²) < 4.78 is 6.33. The molecule has 1 aromatic rings. The van der Waals surface area contributed by atoms with Gasteiger partial charge in [0.15, 0.2) is 19.8 Å². The van der Waals surface area contributed by atoms with Crippen LogP contribution in [0.5, 0.6) is 11.5 Å².